The number of nitrogens with zero attached hydrogens (tertiary/aromatic N) is 3. The van der Waals surface area contributed by atoms with Crippen molar-refractivity contribution in [2.45, 2.75) is 13.5 Å². The minimum atomic E-state index is -1.41. The largest absolute Gasteiger partial charge is 0.306 e. The molecule has 0 spiro atoms. The van der Waals surface area contributed by atoms with Gasteiger partial charge in [-0.15, -0.1) is 0 Å². The molecule has 0 saturated carbocycles. The average Bonchev–Trinajstić information content (AvgIpc) is 3.10. The molecule has 3 aromatic rings. The Morgan fingerprint density at radius 1 is 1.38 bits per heavy atom. The van der Waals surface area contributed by atoms with Crippen molar-refractivity contribution in [2.75, 3.05) is 0 Å². The van der Waals surface area contributed by atoms with Crippen LogP contribution in [0.4, 0.5) is 0 Å². The van der Waals surface area contributed by atoms with Crippen molar-refractivity contribution in [3.63, 3.8) is 0 Å². The average molecular weight is 364 g/mol. The van der Waals surface area contributed by atoms with Gasteiger partial charge in [-0.3, -0.25) is 4.98 Å². The van der Waals surface area contributed by atoms with Crippen LogP contribution < -0.4 is 4.72 Å². The molecule has 0 fully saturated rings. The highest BCUT2D eigenvalue weighted by atomic mass is 32.2. The van der Waals surface area contributed by atoms with E-state index in [0.29, 0.717) is 11.4 Å². The molecule has 1 unspecified atom stereocenters. The molecule has 0 aliphatic rings. The number of hydrogen-bond donors (Lipinski definition) is 1. The summed E-state index contributed by atoms with van der Waals surface area (Å²) in [5.41, 5.74) is 4.46. The van der Waals surface area contributed by atoms with Crippen LogP contribution in [0.3, 0.4) is 0 Å². The van der Waals surface area contributed by atoms with E-state index >= 15 is 0 Å². The van der Waals surface area contributed by atoms with Gasteiger partial charge in [0.1, 0.15) is 16.6 Å². The van der Waals surface area contributed by atoms with Crippen molar-refractivity contribution in [3.8, 4) is 0 Å². The molecule has 0 bridgehead atoms. The summed E-state index contributed by atoms with van der Waals surface area (Å²) in [5, 5.41) is 0. The maximum absolute atomic E-state index is 12.4. The molecule has 0 saturated heterocycles. The van der Waals surface area contributed by atoms with Crippen LogP contribution in [0.15, 0.2) is 79.3 Å². The van der Waals surface area contributed by atoms with E-state index in [4.69, 9.17) is 0 Å². The molecule has 0 amide bonds. The van der Waals surface area contributed by atoms with Gasteiger partial charge in [-0.25, -0.2) is 13.9 Å². The summed E-state index contributed by atoms with van der Waals surface area (Å²) in [5.74, 6) is 0. The predicted octanol–water partition coefficient (Wildman–Crippen LogP) is 3.57. The summed E-state index contributed by atoms with van der Waals surface area (Å²) in [7, 11) is -1.41. The van der Waals surface area contributed by atoms with Crippen molar-refractivity contribution in [3.05, 3.63) is 96.1 Å². The van der Waals surface area contributed by atoms with Crippen molar-refractivity contribution in [2.24, 2.45) is 0 Å². The van der Waals surface area contributed by atoms with E-state index in [1.54, 1.807) is 24.5 Å². The molecule has 3 rings (SSSR count). The van der Waals surface area contributed by atoms with Crippen LogP contribution in [0.25, 0.3) is 11.2 Å². The van der Waals surface area contributed by atoms with Gasteiger partial charge < -0.3 is 4.40 Å². The standard InChI is InChI=1S/C20H20N4OS/c1-4-18(19-14-24-10-6-7-15(2)20(24)23-19)11-16(3)26(25)22-13-17-8-5-9-21-12-17/h4-12,14,22H,1,3,13H2,2H3/b18-11+. The number of hydrogen-bond acceptors (Lipinski definition) is 3. The third-order valence-corrected chi connectivity index (χ3v) is 4.88. The highest BCUT2D eigenvalue weighted by molar-refractivity contribution is 7.87. The third-order valence-electron chi connectivity index (χ3n) is 3.88. The number of imidazole rings is 1. The van der Waals surface area contributed by atoms with Crippen LogP contribution >= 0.6 is 0 Å². The third kappa shape index (κ3) is 4.04. The minimum Gasteiger partial charge on any atom is -0.306 e. The van der Waals surface area contributed by atoms with Gasteiger partial charge >= 0.3 is 0 Å². The van der Waals surface area contributed by atoms with E-state index in [1.807, 2.05) is 48.0 Å². The second-order valence-electron chi connectivity index (χ2n) is 5.77. The Balaban J connectivity index is 1.76. The molecule has 3 aromatic heterocycles. The van der Waals surface area contributed by atoms with E-state index in [1.165, 1.54) is 0 Å². The zero-order chi connectivity index (χ0) is 18.5. The van der Waals surface area contributed by atoms with Gasteiger partial charge in [-0.1, -0.05) is 31.4 Å². The van der Waals surface area contributed by atoms with E-state index in [-0.39, 0.29) is 0 Å². The molecule has 0 aromatic carbocycles. The molecule has 5 nitrogen and oxygen atoms in total. The van der Waals surface area contributed by atoms with Gasteiger partial charge in [0.25, 0.3) is 0 Å². The molecule has 0 aliphatic heterocycles. The minimum absolute atomic E-state index is 0.449. The zero-order valence-corrected chi connectivity index (χ0v) is 15.4. The first-order valence-corrected chi connectivity index (χ1v) is 9.25. The molecule has 1 atom stereocenters. The molecule has 0 aliphatic carbocycles. The topological polar surface area (TPSA) is 59.3 Å². The Hall–Kier alpha value is -2.83. The molecule has 26 heavy (non-hydrogen) atoms. The maximum atomic E-state index is 12.4. The number of fused-ring (bicyclic) bond motifs is 1. The zero-order valence-electron chi connectivity index (χ0n) is 14.6. The predicted molar refractivity (Wildman–Crippen MR) is 106 cm³/mol. The normalized spacial score (nSPS) is 12.9. The Kier molecular flexibility index (Phi) is 5.55. The summed E-state index contributed by atoms with van der Waals surface area (Å²) in [6.45, 7) is 10.2. The Morgan fingerprint density at radius 2 is 2.23 bits per heavy atom. The van der Waals surface area contributed by atoms with Gasteiger partial charge in [0, 0.05) is 41.8 Å². The Labute approximate surface area is 155 Å². The molecular formula is C20H20N4OS. The first-order chi connectivity index (χ1) is 12.6. The second kappa shape index (κ2) is 8.03. The first-order valence-electron chi connectivity index (χ1n) is 8.10. The lowest BCUT2D eigenvalue weighted by atomic mass is 10.2. The molecule has 1 N–H and O–H groups in total. The van der Waals surface area contributed by atoms with Gasteiger partial charge in [-0.05, 0) is 36.3 Å². The van der Waals surface area contributed by atoms with Gasteiger partial charge in [-0.2, -0.15) is 0 Å². The van der Waals surface area contributed by atoms with Crippen molar-refractivity contribution in [1.29, 1.82) is 0 Å². The summed E-state index contributed by atoms with van der Waals surface area (Å²) in [6.07, 6.45) is 10.8. The van der Waals surface area contributed by atoms with Crippen molar-refractivity contribution >= 4 is 22.2 Å². The van der Waals surface area contributed by atoms with Crippen LogP contribution in [0.5, 0.6) is 0 Å². The summed E-state index contributed by atoms with van der Waals surface area (Å²) < 4.78 is 17.3. The summed E-state index contributed by atoms with van der Waals surface area (Å²) >= 11 is 0. The maximum Gasteiger partial charge on any atom is 0.140 e. The number of nitrogens with one attached hydrogen (secondary N) is 1. The quantitative estimate of drug-likeness (QED) is 0.652. The van der Waals surface area contributed by atoms with E-state index in [0.717, 1.165) is 28.0 Å². The molecule has 6 heteroatoms. The lowest BCUT2D eigenvalue weighted by Crippen LogP contribution is -2.17. The van der Waals surface area contributed by atoms with Gasteiger partial charge in [0.05, 0.1) is 5.69 Å². The molecule has 3 heterocycles. The lowest BCUT2D eigenvalue weighted by molar-refractivity contribution is 0.676. The Bertz CT molecular complexity index is 1010. The lowest BCUT2D eigenvalue weighted by Gasteiger charge is -2.05. The van der Waals surface area contributed by atoms with Crippen molar-refractivity contribution in [1.82, 2.24) is 19.1 Å². The first kappa shape index (κ1) is 18.0. The van der Waals surface area contributed by atoms with E-state index in [2.05, 4.69) is 27.8 Å². The van der Waals surface area contributed by atoms with Gasteiger partial charge in [0.2, 0.25) is 0 Å². The number of aromatic nitrogens is 3. The Morgan fingerprint density at radius 3 is 2.92 bits per heavy atom. The second-order valence-corrected chi connectivity index (χ2v) is 7.12. The number of allylic oxidation sites excluding steroid dienone is 3. The molecular weight excluding hydrogens is 344 g/mol. The van der Waals surface area contributed by atoms with E-state index in [9.17, 15) is 4.21 Å². The summed E-state index contributed by atoms with van der Waals surface area (Å²) in [4.78, 5) is 9.14. The van der Waals surface area contributed by atoms with E-state index < -0.39 is 11.0 Å². The fourth-order valence-electron chi connectivity index (χ4n) is 2.50. The highest BCUT2D eigenvalue weighted by Crippen LogP contribution is 2.20. The van der Waals surface area contributed by atoms with Crippen LogP contribution in [0.2, 0.25) is 0 Å². The molecule has 132 valence electrons. The van der Waals surface area contributed by atoms with Crippen LogP contribution in [0, 0.1) is 6.92 Å². The number of rotatable bonds is 7. The summed E-state index contributed by atoms with van der Waals surface area (Å²) in [6, 6.07) is 7.75. The smallest absolute Gasteiger partial charge is 0.140 e. The monoisotopic (exact) mass is 364 g/mol. The molecule has 0 radical (unpaired) electrons. The number of aryl methyl sites for hydroxylation is 1. The van der Waals surface area contributed by atoms with Gasteiger partial charge in [0.15, 0.2) is 0 Å². The van der Waals surface area contributed by atoms with Crippen LogP contribution in [-0.2, 0) is 17.5 Å². The van der Waals surface area contributed by atoms with Crippen molar-refractivity contribution < 1.29 is 4.21 Å². The highest BCUT2D eigenvalue weighted by Gasteiger charge is 2.09. The fraction of sp³-hybridized carbons (Fsp3) is 0.100. The number of pyridine rings is 2. The SMILES string of the molecule is C=C/C(=C\C(=C)S(=O)NCc1cccnc1)c1cn2cccc(C)c2n1. The van der Waals surface area contributed by atoms with Crippen LogP contribution in [-0.4, -0.2) is 18.6 Å². The fourth-order valence-corrected chi connectivity index (χ4v) is 3.22. The van der Waals surface area contributed by atoms with Crippen LogP contribution in [0.1, 0.15) is 16.8 Å².